The molecule has 1 aromatic heterocycles. The second kappa shape index (κ2) is 5.59. The molecule has 7 heteroatoms. The van der Waals surface area contributed by atoms with E-state index in [1.165, 1.54) is 4.68 Å². The highest BCUT2D eigenvalue weighted by Gasteiger charge is 2.19. The molecule has 0 aliphatic rings. The van der Waals surface area contributed by atoms with Crippen LogP contribution in [0.15, 0.2) is 18.2 Å². The molecule has 0 radical (unpaired) electrons. The summed E-state index contributed by atoms with van der Waals surface area (Å²) in [6.45, 7) is 1.96. The third-order valence-corrected chi connectivity index (χ3v) is 3.34. The molecule has 0 aliphatic carbocycles. The van der Waals surface area contributed by atoms with E-state index >= 15 is 0 Å². The number of carboxylic acids is 1. The lowest BCUT2D eigenvalue weighted by molar-refractivity contribution is 0.0689. The van der Waals surface area contributed by atoms with Crippen LogP contribution in [0.5, 0.6) is 0 Å². The fourth-order valence-electron chi connectivity index (χ4n) is 1.75. The molecule has 2 aromatic rings. The Balaban J connectivity index is 2.55. The number of rotatable bonds is 4. The van der Waals surface area contributed by atoms with E-state index in [1.807, 2.05) is 6.92 Å². The zero-order chi connectivity index (χ0) is 14.0. The number of carboxylic acid groups (broad SMARTS) is 1. The van der Waals surface area contributed by atoms with Crippen LogP contribution in [0.4, 0.5) is 0 Å². The van der Waals surface area contributed by atoms with Gasteiger partial charge in [-0.1, -0.05) is 41.8 Å². The van der Waals surface area contributed by atoms with Crippen molar-refractivity contribution in [3.63, 3.8) is 0 Å². The van der Waals surface area contributed by atoms with Crippen LogP contribution in [0.25, 0.3) is 5.69 Å². The molecule has 0 fully saturated rings. The highest BCUT2D eigenvalue weighted by molar-refractivity contribution is 6.42. The summed E-state index contributed by atoms with van der Waals surface area (Å²) in [4.78, 5) is 11.1. The molecular formula is C12H11Cl2N3O2. The van der Waals surface area contributed by atoms with Gasteiger partial charge in [0.1, 0.15) is 0 Å². The standard InChI is InChI=1S/C12H11Cl2N3O2/c1-2-3-10-11(12(18)19)15-16-17(10)7-4-5-8(13)9(14)6-7/h4-6H,2-3H2,1H3,(H,18,19). The van der Waals surface area contributed by atoms with Crippen molar-refractivity contribution in [2.45, 2.75) is 19.8 Å². The van der Waals surface area contributed by atoms with E-state index < -0.39 is 5.97 Å². The van der Waals surface area contributed by atoms with Crippen molar-refractivity contribution in [3.8, 4) is 5.69 Å². The summed E-state index contributed by atoms with van der Waals surface area (Å²) in [7, 11) is 0. The summed E-state index contributed by atoms with van der Waals surface area (Å²) in [6.07, 6.45) is 1.35. The quantitative estimate of drug-likeness (QED) is 0.941. The molecule has 19 heavy (non-hydrogen) atoms. The summed E-state index contributed by atoms with van der Waals surface area (Å²) in [6, 6.07) is 4.98. The van der Waals surface area contributed by atoms with Crippen LogP contribution in [0.1, 0.15) is 29.5 Å². The Kier molecular flexibility index (Phi) is 4.07. The van der Waals surface area contributed by atoms with Crippen molar-refractivity contribution in [3.05, 3.63) is 39.6 Å². The Hall–Kier alpha value is -1.59. The molecule has 0 aliphatic heterocycles. The van der Waals surface area contributed by atoms with Gasteiger partial charge in [0.15, 0.2) is 5.69 Å². The zero-order valence-electron chi connectivity index (χ0n) is 10.1. The van der Waals surface area contributed by atoms with Crippen molar-refractivity contribution in [1.29, 1.82) is 0 Å². The largest absolute Gasteiger partial charge is 0.476 e. The topological polar surface area (TPSA) is 68.0 Å². The van der Waals surface area contributed by atoms with Crippen molar-refractivity contribution in [2.24, 2.45) is 0 Å². The van der Waals surface area contributed by atoms with E-state index in [4.69, 9.17) is 28.3 Å². The Bertz CT molecular complexity index is 625. The molecule has 0 amide bonds. The Morgan fingerprint density at radius 1 is 1.37 bits per heavy atom. The van der Waals surface area contributed by atoms with Crippen molar-refractivity contribution >= 4 is 29.2 Å². The maximum Gasteiger partial charge on any atom is 0.358 e. The smallest absolute Gasteiger partial charge is 0.358 e. The summed E-state index contributed by atoms with van der Waals surface area (Å²) < 4.78 is 1.48. The van der Waals surface area contributed by atoms with Crippen LogP contribution in [0.2, 0.25) is 10.0 Å². The van der Waals surface area contributed by atoms with Crippen molar-refractivity contribution in [1.82, 2.24) is 15.0 Å². The first kappa shape index (κ1) is 13.8. The van der Waals surface area contributed by atoms with Gasteiger partial charge in [0, 0.05) is 0 Å². The number of halogens is 2. The van der Waals surface area contributed by atoms with E-state index in [9.17, 15) is 4.79 Å². The van der Waals surface area contributed by atoms with E-state index in [0.29, 0.717) is 27.8 Å². The molecule has 0 spiro atoms. The Labute approximate surface area is 119 Å². The van der Waals surface area contributed by atoms with Crippen LogP contribution in [0, 0.1) is 0 Å². The number of carbonyl (C=O) groups is 1. The number of hydrogen-bond acceptors (Lipinski definition) is 3. The number of aromatic nitrogens is 3. The summed E-state index contributed by atoms with van der Waals surface area (Å²) >= 11 is 11.8. The second-order valence-corrected chi connectivity index (χ2v) is 4.76. The van der Waals surface area contributed by atoms with Crippen molar-refractivity contribution in [2.75, 3.05) is 0 Å². The monoisotopic (exact) mass is 299 g/mol. The van der Waals surface area contributed by atoms with E-state index in [-0.39, 0.29) is 5.69 Å². The summed E-state index contributed by atoms with van der Waals surface area (Å²) in [5.74, 6) is -1.09. The van der Waals surface area contributed by atoms with Crippen LogP contribution in [0.3, 0.4) is 0 Å². The van der Waals surface area contributed by atoms with E-state index in [0.717, 1.165) is 6.42 Å². The van der Waals surface area contributed by atoms with Gasteiger partial charge in [0.2, 0.25) is 0 Å². The zero-order valence-corrected chi connectivity index (χ0v) is 11.6. The molecule has 0 saturated heterocycles. The highest BCUT2D eigenvalue weighted by Crippen LogP contribution is 2.25. The lowest BCUT2D eigenvalue weighted by Gasteiger charge is -2.07. The minimum absolute atomic E-state index is 0.0343. The number of nitrogens with zero attached hydrogens (tertiary/aromatic N) is 3. The average molecular weight is 300 g/mol. The van der Waals surface area contributed by atoms with Crippen LogP contribution in [-0.4, -0.2) is 26.1 Å². The van der Waals surface area contributed by atoms with E-state index in [2.05, 4.69) is 10.3 Å². The average Bonchev–Trinajstić information content (AvgIpc) is 2.77. The molecule has 0 atom stereocenters. The van der Waals surface area contributed by atoms with Crippen LogP contribution >= 0.6 is 23.2 Å². The van der Waals surface area contributed by atoms with Gasteiger partial charge in [-0.3, -0.25) is 0 Å². The van der Waals surface area contributed by atoms with Gasteiger partial charge < -0.3 is 5.11 Å². The summed E-state index contributed by atoms with van der Waals surface area (Å²) in [5.41, 5.74) is 1.15. The second-order valence-electron chi connectivity index (χ2n) is 3.95. The highest BCUT2D eigenvalue weighted by atomic mass is 35.5. The molecule has 0 bridgehead atoms. The number of aromatic carboxylic acids is 1. The molecular weight excluding hydrogens is 289 g/mol. The predicted molar refractivity (Wildman–Crippen MR) is 72.3 cm³/mol. The molecule has 1 aromatic carbocycles. The molecule has 0 saturated carbocycles. The van der Waals surface area contributed by atoms with Gasteiger partial charge in [-0.2, -0.15) is 0 Å². The lowest BCUT2D eigenvalue weighted by Crippen LogP contribution is -2.06. The molecule has 0 unspecified atom stereocenters. The fraction of sp³-hybridized carbons (Fsp3) is 0.250. The van der Waals surface area contributed by atoms with Gasteiger partial charge in [-0.05, 0) is 24.6 Å². The summed E-state index contributed by atoms with van der Waals surface area (Å²) in [5, 5.41) is 17.5. The molecule has 5 nitrogen and oxygen atoms in total. The number of hydrogen-bond donors (Lipinski definition) is 1. The van der Waals surface area contributed by atoms with Gasteiger partial charge in [-0.15, -0.1) is 5.10 Å². The first-order valence-corrected chi connectivity index (χ1v) is 6.43. The number of benzene rings is 1. The minimum Gasteiger partial charge on any atom is -0.476 e. The Morgan fingerprint density at radius 2 is 2.11 bits per heavy atom. The lowest BCUT2D eigenvalue weighted by atomic mass is 10.2. The minimum atomic E-state index is -1.09. The van der Waals surface area contributed by atoms with Gasteiger partial charge in [-0.25, -0.2) is 9.48 Å². The molecule has 1 heterocycles. The fourth-order valence-corrected chi connectivity index (χ4v) is 2.05. The first-order chi connectivity index (χ1) is 9.04. The predicted octanol–water partition coefficient (Wildman–Crippen LogP) is 3.22. The normalized spacial score (nSPS) is 10.7. The van der Waals surface area contributed by atoms with Gasteiger partial charge >= 0.3 is 5.97 Å². The van der Waals surface area contributed by atoms with E-state index in [1.54, 1.807) is 18.2 Å². The molecule has 1 N–H and O–H groups in total. The van der Waals surface area contributed by atoms with Crippen LogP contribution < -0.4 is 0 Å². The maximum absolute atomic E-state index is 11.1. The maximum atomic E-state index is 11.1. The first-order valence-electron chi connectivity index (χ1n) is 5.68. The van der Waals surface area contributed by atoms with Crippen molar-refractivity contribution < 1.29 is 9.90 Å². The van der Waals surface area contributed by atoms with Gasteiger partial charge in [0.25, 0.3) is 0 Å². The third-order valence-electron chi connectivity index (χ3n) is 2.60. The van der Waals surface area contributed by atoms with Gasteiger partial charge in [0.05, 0.1) is 21.4 Å². The Morgan fingerprint density at radius 3 is 2.68 bits per heavy atom. The van der Waals surface area contributed by atoms with Crippen LogP contribution in [-0.2, 0) is 6.42 Å². The SMILES string of the molecule is CCCc1c(C(=O)O)nnn1-c1ccc(Cl)c(Cl)c1. The molecule has 100 valence electrons. The third kappa shape index (κ3) is 2.72. The molecule has 2 rings (SSSR count).